The number of nitrogens with zero attached hydrogens (tertiary/aromatic N) is 1. The Kier molecular flexibility index (Phi) is 3.66. The molecule has 0 N–H and O–H groups in total. The minimum absolute atomic E-state index is 0.0868. The maximum Gasteiger partial charge on any atom is 0.338 e. The summed E-state index contributed by atoms with van der Waals surface area (Å²) in [5.74, 6) is -0.164. The molecule has 2 bridgehead atoms. The number of hydrogen-bond acceptors (Lipinski definition) is 4. The quantitative estimate of drug-likeness (QED) is 0.630. The average Bonchev–Trinajstić information content (AvgIpc) is 3.27. The summed E-state index contributed by atoms with van der Waals surface area (Å²) in [5.41, 5.74) is 0.867. The van der Waals surface area contributed by atoms with Crippen LogP contribution in [0.25, 0.3) is 0 Å². The molecule has 4 atom stereocenters. The van der Waals surface area contributed by atoms with Crippen molar-refractivity contribution < 1.29 is 19.1 Å². The molecule has 1 aromatic carbocycles. The first kappa shape index (κ1) is 15.4. The lowest BCUT2D eigenvalue weighted by molar-refractivity contribution is -0.123. The maximum atomic E-state index is 12.8. The number of carbonyl (C=O) groups excluding carboxylic acids is 3. The zero-order valence-electron chi connectivity index (χ0n) is 13.7. The van der Waals surface area contributed by atoms with Crippen LogP contribution >= 0.6 is 0 Å². The molecule has 2 saturated carbocycles. The lowest BCUT2D eigenvalue weighted by Crippen LogP contribution is -2.32. The Morgan fingerprint density at radius 2 is 1.83 bits per heavy atom. The second-order valence-corrected chi connectivity index (χ2v) is 7.08. The minimum atomic E-state index is -0.418. The van der Waals surface area contributed by atoms with E-state index < -0.39 is 5.97 Å². The second kappa shape index (κ2) is 5.72. The van der Waals surface area contributed by atoms with Gasteiger partial charge in [0, 0.05) is 0 Å². The topological polar surface area (TPSA) is 63.7 Å². The molecule has 1 heterocycles. The third kappa shape index (κ3) is 2.18. The standard InChI is InChI=1S/C19H21NO4/c1-2-8-24-19(23)13-4-3-5-14(10-13)20-17(21)15-11-6-7-12(9-11)16(15)18(20)22/h3-5,10-12,15-16H,2,6-9H2,1H3. The lowest BCUT2D eigenvalue weighted by atomic mass is 9.81. The highest BCUT2D eigenvalue weighted by Gasteiger charge is 2.61. The first-order chi connectivity index (χ1) is 11.6. The molecule has 5 nitrogen and oxygen atoms in total. The summed E-state index contributed by atoms with van der Waals surface area (Å²) in [6, 6.07) is 6.66. The van der Waals surface area contributed by atoms with Gasteiger partial charge in [-0.05, 0) is 55.7 Å². The molecule has 3 fully saturated rings. The van der Waals surface area contributed by atoms with Crippen LogP contribution in [-0.2, 0) is 14.3 Å². The fourth-order valence-corrected chi connectivity index (χ4v) is 4.71. The fraction of sp³-hybridized carbons (Fsp3) is 0.526. The van der Waals surface area contributed by atoms with Crippen LogP contribution in [0.15, 0.2) is 24.3 Å². The summed E-state index contributed by atoms with van der Waals surface area (Å²) >= 11 is 0. The van der Waals surface area contributed by atoms with Gasteiger partial charge in [0.25, 0.3) is 0 Å². The van der Waals surface area contributed by atoms with E-state index in [1.54, 1.807) is 24.3 Å². The largest absolute Gasteiger partial charge is 0.462 e. The highest BCUT2D eigenvalue weighted by molar-refractivity contribution is 6.22. The highest BCUT2D eigenvalue weighted by Crippen LogP contribution is 2.56. The van der Waals surface area contributed by atoms with E-state index in [2.05, 4.69) is 0 Å². The number of amides is 2. The fourth-order valence-electron chi connectivity index (χ4n) is 4.71. The van der Waals surface area contributed by atoms with E-state index in [-0.39, 0.29) is 23.7 Å². The van der Waals surface area contributed by atoms with Crippen molar-refractivity contribution in [2.75, 3.05) is 11.5 Å². The molecule has 5 heteroatoms. The first-order valence-electron chi connectivity index (χ1n) is 8.76. The van der Waals surface area contributed by atoms with Gasteiger partial charge in [0.05, 0.1) is 29.7 Å². The molecule has 0 aromatic heterocycles. The molecule has 3 aliphatic rings. The molecule has 4 unspecified atom stereocenters. The summed E-state index contributed by atoms with van der Waals surface area (Å²) in [6.07, 6.45) is 3.88. The minimum Gasteiger partial charge on any atom is -0.462 e. The van der Waals surface area contributed by atoms with Crippen molar-refractivity contribution in [3.8, 4) is 0 Å². The number of hydrogen-bond donors (Lipinski definition) is 0. The zero-order chi connectivity index (χ0) is 16.8. The first-order valence-corrected chi connectivity index (χ1v) is 8.76. The van der Waals surface area contributed by atoms with Crippen molar-refractivity contribution in [3.05, 3.63) is 29.8 Å². The van der Waals surface area contributed by atoms with Crippen LogP contribution in [0.3, 0.4) is 0 Å². The van der Waals surface area contributed by atoms with Gasteiger partial charge < -0.3 is 4.74 Å². The summed E-state index contributed by atoms with van der Waals surface area (Å²) < 4.78 is 5.14. The van der Waals surface area contributed by atoms with Crippen molar-refractivity contribution in [2.45, 2.75) is 32.6 Å². The normalized spacial score (nSPS) is 30.8. The van der Waals surface area contributed by atoms with E-state index in [1.807, 2.05) is 6.92 Å². The van der Waals surface area contributed by atoms with Crippen LogP contribution in [-0.4, -0.2) is 24.4 Å². The Morgan fingerprint density at radius 3 is 2.46 bits per heavy atom. The van der Waals surface area contributed by atoms with Gasteiger partial charge in [-0.25, -0.2) is 4.79 Å². The molecule has 24 heavy (non-hydrogen) atoms. The Balaban J connectivity index is 1.61. The third-order valence-corrected chi connectivity index (χ3v) is 5.70. The van der Waals surface area contributed by atoms with Gasteiger partial charge in [-0.2, -0.15) is 0 Å². The molecule has 2 aliphatic carbocycles. The van der Waals surface area contributed by atoms with Gasteiger partial charge >= 0.3 is 5.97 Å². The van der Waals surface area contributed by atoms with Crippen molar-refractivity contribution in [1.29, 1.82) is 0 Å². The van der Waals surface area contributed by atoms with Gasteiger partial charge in [0.2, 0.25) is 11.8 Å². The van der Waals surface area contributed by atoms with Gasteiger partial charge in [-0.15, -0.1) is 0 Å². The van der Waals surface area contributed by atoms with E-state index in [4.69, 9.17) is 4.74 Å². The molecular formula is C19H21NO4. The van der Waals surface area contributed by atoms with Gasteiger partial charge in [-0.3, -0.25) is 14.5 Å². The Morgan fingerprint density at radius 1 is 1.17 bits per heavy atom. The van der Waals surface area contributed by atoms with E-state index in [0.717, 1.165) is 25.7 Å². The summed E-state index contributed by atoms with van der Waals surface area (Å²) in [7, 11) is 0. The van der Waals surface area contributed by atoms with E-state index in [0.29, 0.717) is 29.7 Å². The van der Waals surface area contributed by atoms with Crippen LogP contribution in [0.4, 0.5) is 5.69 Å². The van der Waals surface area contributed by atoms with Gasteiger partial charge in [0.15, 0.2) is 0 Å². The molecule has 1 saturated heterocycles. The predicted molar refractivity (Wildman–Crippen MR) is 87.3 cm³/mol. The number of benzene rings is 1. The number of rotatable bonds is 4. The molecule has 126 valence electrons. The number of esters is 1. The van der Waals surface area contributed by atoms with Gasteiger partial charge in [0.1, 0.15) is 0 Å². The average molecular weight is 327 g/mol. The molecule has 1 aromatic rings. The molecule has 0 radical (unpaired) electrons. The van der Waals surface area contributed by atoms with E-state index in [9.17, 15) is 14.4 Å². The third-order valence-electron chi connectivity index (χ3n) is 5.70. The number of carbonyl (C=O) groups is 3. The zero-order valence-corrected chi connectivity index (χ0v) is 13.7. The monoisotopic (exact) mass is 327 g/mol. The molecule has 0 spiro atoms. The smallest absolute Gasteiger partial charge is 0.338 e. The van der Waals surface area contributed by atoms with Crippen molar-refractivity contribution in [2.24, 2.45) is 23.7 Å². The summed E-state index contributed by atoms with van der Waals surface area (Å²) in [4.78, 5) is 39.0. The predicted octanol–water partition coefficient (Wildman–Crippen LogP) is 2.79. The van der Waals surface area contributed by atoms with E-state index in [1.165, 1.54) is 4.90 Å². The lowest BCUT2D eigenvalue weighted by Gasteiger charge is -2.19. The second-order valence-electron chi connectivity index (χ2n) is 7.08. The number of ether oxygens (including phenoxy) is 1. The van der Waals surface area contributed by atoms with Crippen molar-refractivity contribution >= 4 is 23.5 Å². The number of imide groups is 1. The highest BCUT2D eigenvalue weighted by atomic mass is 16.5. The van der Waals surface area contributed by atoms with Crippen LogP contribution in [0.2, 0.25) is 0 Å². The van der Waals surface area contributed by atoms with Crippen LogP contribution in [0, 0.1) is 23.7 Å². The maximum absolute atomic E-state index is 12.8. The van der Waals surface area contributed by atoms with Crippen LogP contribution in [0.1, 0.15) is 43.0 Å². The molecule has 1 aliphatic heterocycles. The molecular weight excluding hydrogens is 306 g/mol. The number of fused-ring (bicyclic) bond motifs is 5. The van der Waals surface area contributed by atoms with Gasteiger partial charge in [-0.1, -0.05) is 13.0 Å². The SMILES string of the molecule is CCCOC(=O)c1cccc(N2C(=O)C3C4CCC(C4)C3C2=O)c1. The van der Waals surface area contributed by atoms with Crippen LogP contribution < -0.4 is 4.90 Å². The Labute approximate surface area is 141 Å². The Bertz CT molecular complexity index is 685. The van der Waals surface area contributed by atoms with Crippen LogP contribution in [0.5, 0.6) is 0 Å². The Hall–Kier alpha value is -2.17. The molecule has 4 rings (SSSR count). The van der Waals surface area contributed by atoms with Crippen molar-refractivity contribution in [1.82, 2.24) is 0 Å². The molecule has 2 amide bonds. The summed E-state index contributed by atoms with van der Waals surface area (Å²) in [5, 5.41) is 0. The number of anilines is 1. The summed E-state index contributed by atoms with van der Waals surface area (Å²) in [6.45, 7) is 2.29. The van der Waals surface area contributed by atoms with Crippen molar-refractivity contribution in [3.63, 3.8) is 0 Å². The van der Waals surface area contributed by atoms with E-state index >= 15 is 0 Å².